The van der Waals surface area contributed by atoms with E-state index in [0.717, 1.165) is 24.9 Å². The van der Waals surface area contributed by atoms with E-state index in [1.165, 1.54) is 11.3 Å². The lowest BCUT2D eigenvalue weighted by Gasteiger charge is -2.28. The molecule has 0 fully saturated rings. The van der Waals surface area contributed by atoms with Gasteiger partial charge < -0.3 is 20.2 Å². The average Bonchev–Trinajstić information content (AvgIpc) is 2.52. The number of benzene rings is 1. The zero-order valence-corrected chi connectivity index (χ0v) is 13.4. The Morgan fingerprint density at radius 1 is 1.18 bits per heavy atom. The standard InChI is InChI=1S/C17H28N2O3/c1-18-7-2-3-14-13-15(4-5-16(14)18)17(22)6-8-19(9-11-20)10-12-21/h4-5,13,17,20-22H,2-3,6-12H2,1H3. The van der Waals surface area contributed by atoms with Gasteiger partial charge in [-0.2, -0.15) is 0 Å². The van der Waals surface area contributed by atoms with E-state index in [1.807, 2.05) is 11.0 Å². The van der Waals surface area contributed by atoms with Crippen LogP contribution >= 0.6 is 0 Å². The molecule has 1 aromatic rings. The molecule has 1 atom stereocenters. The van der Waals surface area contributed by atoms with Crippen molar-refractivity contribution < 1.29 is 15.3 Å². The van der Waals surface area contributed by atoms with Crippen molar-refractivity contribution in [3.05, 3.63) is 29.3 Å². The summed E-state index contributed by atoms with van der Waals surface area (Å²) >= 11 is 0. The lowest BCUT2D eigenvalue weighted by Crippen LogP contribution is -2.31. The first-order chi connectivity index (χ1) is 10.7. The van der Waals surface area contributed by atoms with Gasteiger partial charge in [0.05, 0.1) is 19.3 Å². The molecule has 1 heterocycles. The van der Waals surface area contributed by atoms with E-state index < -0.39 is 6.10 Å². The number of fused-ring (bicyclic) bond motifs is 1. The summed E-state index contributed by atoms with van der Waals surface area (Å²) in [5, 5.41) is 28.4. The summed E-state index contributed by atoms with van der Waals surface area (Å²) in [5.74, 6) is 0. The summed E-state index contributed by atoms with van der Waals surface area (Å²) in [7, 11) is 2.11. The highest BCUT2D eigenvalue weighted by Gasteiger charge is 2.17. The number of hydrogen-bond acceptors (Lipinski definition) is 5. The van der Waals surface area contributed by atoms with E-state index in [9.17, 15) is 5.11 Å². The van der Waals surface area contributed by atoms with Crippen molar-refractivity contribution in [1.82, 2.24) is 4.90 Å². The van der Waals surface area contributed by atoms with Crippen LogP contribution in [0.2, 0.25) is 0 Å². The van der Waals surface area contributed by atoms with Crippen molar-refractivity contribution in [3.63, 3.8) is 0 Å². The molecule has 0 amide bonds. The molecule has 0 saturated heterocycles. The van der Waals surface area contributed by atoms with Gasteiger partial charge in [-0.05, 0) is 36.5 Å². The van der Waals surface area contributed by atoms with Gasteiger partial charge in [-0.15, -0.1) is 0 Å². The number of aliphatic hydroxyl groups excluding tert-OH is 3. The molecule has 1 aliphatic heterocycles. The summed E-state index contributed by atoms with van der Waals surface area (Å²) in [5.41, 5.74) is 3.54. The number of rotatable bonds is 8. The van der Waals surface area contributed by atoms with Crippen LogP contribution in [0.15, 0.2) is 18.2 Å². The van der Waals surface area contributed by atoms with Crippen LogP contribution in [0, 0.1) is 0 Å². The molecule has 1 aliphatic rings. The predicted octanol–water partition coefficient (Wildman–Crippen LogP) is 0.779. The van der Waals surface area contributed by atoms with E-state index in [4.69, 9.17) is 10.2 Å². The molecule has 1 aromatic carbocycles. The molecule has 5 nitrogen and oxygen atoms in total. The third kappa shape index (κ3) is 4.43. The third-order valence-corrected chi connectivity index (χ3v) is 4.39. The minimum Gasteiger partial charge on any atom is -0.395 e. The molecule has 2 rings (SSSR count). The van der Waals surface area contributed by atoms with Crippen LogP contribution in [-0.4, -0.2) is 66.7 Å². The third-order valence-electron chi connectivity index (χ3n) is 4.39. The summed E-state index contributed by atoms with van der Waals surface area (Å²) in [6.07, 6.45) is 2.33. The van der Waals surface area contributed by atoms with E-state index in [-0.39, 0.29) is 13.2 Å². The van der Waals surface area contributed by atoms with Gasteiger partial charge in [0.15, 0.2) is 0 Å². The fourth-order valence-electron chi connectivity index (χ4n) is 3.10. The molecule has 0 saturated carbocycles. The van der Waals surface area contributed by atoms with Gasteiger partial charge in [0, 0.05) is 38.9 Å². The predicted molar refractivity (Wildman–Crippen MR) is 88.2 cm³/mol. The molecule has 124 valence electrons. The highest BCUT2D eigenvalue weighted by atomic mass is 16.3. The number of aliphatic hydroxyl groups is 3. The van der Waals surface area contributed by atoms with E-state index >= 15 is 0 Å². The Kier molecular flexibility index (Phi) is 6.64. The monoisotopic (exact) mass is 308 g/mol. The van der Waals surface area contributed by atoms with Crippen LogP contribution < -0.4 is 4.90 Å². The fraction of sp³-hybridized carbons (Fsp3) is 0.647. The lowest BCUT2D eigenvalue weighted by atomic mass is 9.96. The SMILES string of the molecule is CN1CCCc2cc(C(O)CCN(CCO)CCO)ccc21. The normalized spacial score (nSPS) is 16.0. The molecular weight excluding hydrogens is 280 g/mol. The van der Waals surface area contributed by atoms with Crippen molar-refractivity contribution >= 4 is 5.69 Å². The largest absolute Gasteiger partial charge is 0.395 e. The highest BCUT2D eigenvalue weighted by molar-refractivity contribution is 5.56. The first-order valence-corrected chi connectivity index (χ1v) is 8.11. The molecular formula is C17H28N2O3. The van der Waals surface area contributed by atoms with E-state index in [0.29, 0.717) is 26.1 Å². The van der Waals surface area contributed by atoms with Crippen LogP contribution in [0.3, 0.4) is 0 Å². The van der Waals surface area contributed by atoms with Crippen LogP contribution in [0.1, 0.15) is 30.1 Å². The number of aryl methyl sites for hydroxylation is 1. The minimum absolute atomic E-state index is 0.0707. The quantitative estimate of drug-likeness (QED) is 0.662. The van der Waals surface area contributed by atoms with Crippen LogP contribution in [0.5, 0.6) is 0 Å². The van der Waals surface area contributed by atoms with Gasteiger partial charge in [-0.1, -0.05) is 12.1 Å². The maximum atomic E-state index is 10.4. The fourth-order valence-corrected chi connectivity index (χ4v) is 3.10. The Balaban J connectivity index is 1.96. The molecule has 0 bridgehead atoms. The second-order valence-electron chi connectivity index (χ2n) is 6.01. The molecule has 0 spiro atoms. The number of nitrogens with zero attached hydrogens (tertiary/aromatic N) is 2. The number of hydrogen-bond donors (Lipinski definition) is 3. The van der Waals surface area contributed by atoms with Crippen molar-refractivity contribution in [3.8, 4) is 0 Å². The smallest absolute Gasteiger partial charge is 0.0802 e. The molecule has 0 aromatic heterocycles. The average molecular weight is 308 g/mol. The van der Waals surface area contributed by atoms with Gasteiger partial charge in [-0.25, -0.2) is 0 Å². The molecule has 0 radical (unpaired) electrons. The summed E-state index contributed by atoms with van der Waals surface area (Å²) in [4.78, 5) is 4.23. The molecule has 0 aliphatic carbocycles. The van der Waals surface area contributed by atoms with Crippen molar-refractivity contribution in [2.24, 2.45) is 0 Å². The number of anilines is 1. The van der Waals surface area contributed by atoms with Crippen molar-refractivity contribution in [2.45, 2.75) is 25.4 Å². The van der Waals surface area contributed by atoms with E-state index in [1.54, 1.807) is 0 Å². The maximum absolute atomic E-state index is 10.4. The molecule has 3 N–H and O–H groups in total. The minimum atomic E-state index is -0.502. The van der Waals surface area contributed by atoms with Gasteiger partial charge in [0.2, 0.25) is 0 Å². The first kappa shape index (κ1) is 17.2. The summed E-state index contributed by atoms with van der Waals surface area (Å²) in [6.45, 7) is 2.96. The second-order valence-corrected chi connectivity index (χ2v) is 6.01. The first-order valence-electron chi connectivity index (χ1n) is 8.11. The Labute approximate surface area is 132 Å². The Hall–Kier alpha value is -1.14. The van der Waals surface area contributed by atoms with Gasteiger partial charge in [0.1, 0.15) is 0 Å². The van der Waals surface area contributed by atoms with Gasteiger partial charge in [0.25, 0.3) is 0 Å². The zero-order chi connectivity index (χ0) is 15.9. The molecule has 22 heavy (non-hydrogen) atoms. The molecule has 1 unspecified atom stereocenters. The van der Waals surface area contributed by atoms with Crippen LogP contribution in [-0.2, 0) is 6.42 Å². The van der Waals surface area contributed by atoms with E-state index in [2.05, 4.69) is 24.1 Å². The second kappa shape index (κ2) is 8.48. The van der Waals surface area contributed by atoms with Gasteiger partial charge >= 0.3 is 0 Å². The van der Waals surface area contributed by atoms with Crippen LogP contribution in [0.25, 0.3) is 0 Å². The topological polar surface area (TPSA) is 67.2 Å². The highest BCUT2D eigenvalue weighted by Crippen LogP contribution is 2.29. The Morgan fingerprint density at radius 2 is 1.91 bits per heavy atom. The Bertz CT molecular complexity index is 461. The Morgan fingerprint density at radius 3 is 2.59 bits per heavy atom. The lowest BCUT2D eigenvalue weighted by molar-refractivity contribution is 0.118. The summed E-state index contributed by atoms with van der Waals surface area (Å²) < 4.78 is 0. The summed E-state index contributed by atoms with van der Waals surface area (Å²) in [6, 6.07) is 6.23. The van der Waals surface area contributed by atoms with Crippen molar-refractivity contribution in [2.75, 3.05) is 51.3 Å². The zero-order valence-electron chi connectivity index (χ0n) is 13.4. The van der Waals surface area contributed by atoms with Crippen LogP contribution in [0.4, 0.5) is 5.69 Å². The molecule has 5 heteroatoms. The maximum Gasteiger partial charge on any atom is 0.0802 e. The van der Waals surface area contributed by atoms with Gasteiger partial charge in [-0.3, -0.25) is 4.90 Å². The van der Waals surface area contributed by atoms with Crippen molar-refractivity contribution in [1.29, 1.82) is 0 Å².